The molecule has 0 bridgehead atoms. The van der Waals surface area contributed by atoms with Crippen molar-refractivity contribution in [2.45, 2.75) is 33.1 Å². The standard InChI is InChI=1S/C17H24BrNO/c1-13-10-14(2)12-19(11-13)9-3-4-17(20)15-5-7-16(18)8-6-15/h5-8,13-14H,3-4,9-12H2,1-2H3. The molecule has 2 atom stereocenters. The summed E-state index contributed by atoms with van der Waals surface area (Å²) < 4.78 is 1.02. The molecule has 1 saturated heterocycles. The molecule has 0 amide bonds. The highest BCUT2D eigenvalue weighted by Crippen LogP contribution is 2.21. The number of benzene rings is 1. The van der Waals surface area contributed by atoms with Gasteiger partial charge in [0.1, 0.15) is 0 Å². The predicted octanol–water partition coefficient (Wildman–Crippen LogP) is 4.39. The minimum absolute atomic E-state index is 0.260. The lowest BCUT2D eigenvalue weighted by Gasteiger charge is -2.34. The number of piperidine rings is 1. The van der Waals surface area contributed by atoms with Crippen molar-refractivity contribution >= 4 is 21.7 Å². The Morgan fingerprint density at radius 2 is 1.80 bits per heavy atom. The lowest BCUT2D eigenvalue weighted by Crippen LogP contribution is -2.39. The molecule has 1 aliphatic rings. The highest BCUT2D eigenvalue weighted by atomic mass is 79.9. The maximum absolute atomic E-state index is 12.1. The zero-order valence-corrected chi connectivity index (χ0v) is 14.0. The minimum Gasteiger partial charge on any atom is -0.303 e. The first-order valence-corrected chi connectivity index (χ1v) is 8.35. The van der Waals surface area contributed by atoms with Crippen LogP contribution in [0.4, 0.5) is 0 Å². The van der Waals surface area contributed by atoms with E-state index in [0.29, 0.717) is 6.42 Å². The van der Waals surface area contributed by atoms with Gasteiger partial charge in [0.15, 0.2) is 5.78 Å². The first-order chi connectivity index (χ1) is 9.54. The largest absolute Gasteiger partial charge is 0.303 e. The molecule has 0 radical (unpaired) electrons. The van der Waals surface area contributed by atoms with Crippen LogP contribution in [-0.4, -0.2) is 30.3 Å². The molecular formula is C17H24BrNO. The van der Waals surface area contributed by atoms with Crippen LogP contribution in [-0.2, 0) is 0 Å². The Balaban J connectivity index is 1.75. The Hall–Kier alpha value is -0.670. The van der Waals surface area contributed by atoms with E-state index in [4.69, 9.17) is 0 Å². The quantitative estimate of drug-likeness (QED) is 0.742. The van der Waals surface area contributed by atoms with E-state index in [-0.39, 0.29) is 5.78 Å². The molecule has 3 heteroatoms. The number of hydrogen-bond acceptors (Lipinski definition) is 2. The van der Waals surface area contributed by atoms with Gasteiger partial charge in [0, 0.05) is 29.5 Å². The summed E-state index contributed by atoms with van der Waals surface area (Å²) in [6.45, 7) is 8.09. The Bertz CT molecular complexity index is 433. The fourth-order valence-corrected chi connectivity index (χ4v) is 3.48. The van der Waals surface area contributed by atoms with E-state index in [1.165, 1.54) is 19.5 Å². The Morgan fingerprint density at radius 3 is 2.40 bits per heavy atom. The van der Waals surface area contributed by atoms with Gasteiger partial charge in [0.2, 0.25) is 0 Å². The van der Waals surface area contributed by atoms with Crippen LogP contribution in [0.15, 0.2) is 28.7 Å². The Labute approximate surface area is 130 Å². The molecule has 0 aliphatic carbocycles. The van der Waals surface area contributed by atoms with Crippen molar-refractivity contribution in [3.63, 3.8) is 0 Å². The summed E-state index contributed by atoms with van der Waals surface area (Å²) >= 11 is 3.39. The number of Topliss-reactive ketones (excluding diaryl/α,β-unsaturated/α-hetero) is 1. The van der Waals surface area contributed by atoms with Crippen LogP contribution in [0.3, 0.4) is 0 Å². The summed E-state index contributed by atoms with van der Waals surface area (Å²) in [5.74, 6) is 1.84. The van der Waals surface area contributed by atoms with E-state index in [1.807, 2.05) is 24.3 Å². The first-order valence-electron chi connectivity index (χ1n) is 7.55. The Kier molecular flexibility index (Phi) is 5.79. The molecular weight excluding hydrogens is 314 g/mol. The predicted molar refractivity (Wildman–Crippen MR) is 87.1 cm³/mol. The number of halogens is 1. The third-order valence-electron chi connectivity index (χ3n) is 3.99. The summed E-state index contributed by atoms with van der Waals surface area (Å²) in [6.07, 6.45) is 2.96. The zero-order valence-electron chi connectivity index (χ0n) is 12.4. The minimum atomic E-state index is 0.260. The molecule has 2 unspecified atom stereocenters. The maximum Gasteiger partial charge on any atom is 0.162 e. The van der Waals surface area contributed by atoms with Gasteiger partial charge in [-0.25, -0.2) is 0 Å². The number of carbonyl (C=O) groups is 1. The third kappa shape index (κ3) is 4.71. The molecule has 0 N–H and O–H groups in total. The number of rotatable bonds is 5. The molecule has 110 valence electrons. The molecule has 1 aliphatic heterocycles. The van der Waals surface area contributed by atoms with Crippen LogP contribution in [0.2, 0.25) is 0 Å². The van der Waals surface area contributed by atoms with Crippen LogP contribution >= 0.6 is 15.9 Å². The van der Waals surface area contributed by atoms with Gasteiger partial charge in [0.25, 0.3) is 0 Å². The average Bonchev–Trinajstić information content (AvgIpc) is 2.38. The molecule has 0 spiro atoms. The van der Waals surface area contributed by atoms with Crippen LogP contribution < -0.4 is 0 Å². The number of hydrogen-bond donors (Lipinski definition) is 0. The third-order valence-corrected chi connectivity index (χ3v) is 4.52. The second kappa shape index (κ2) is 7.37. The van der Waals surface area contributed by atoms with E-state index >= 15 is 0 Å². The normalized spacial score (nSPS) is 23.8. The highest BCUT2D eigenvalue weighted by molar-refractivity contribution is 9.10. The highest BCUT2D eigenvalue weighted by Gasteiger charge is 2.21. The summed E-state index contributed by atoms with van der Waals surface area (Å²) in [7, 11) is 0. The summed E-state index contributed by atoms with van der Waals surface area (Å²) in [5, 5.41) is 0. The van der Waals surface area contributed by atoms with Crippen LogP contribution in [0.25, 0.3) is 0 Å². The van der Waals surface area contributed by atoms with Crippen LogP contribution in [0, 0.1) is 11.8 Å². The molecule has 0 saturated carbocycles. The van der Waals surface area contributed by atoms with Gasteiger partial charge in [-0.05, 0) is 43.4 Å². The van der Waals surface area contributed by atoms with E-state index < -0.39 is 0 Å². The van der Waals surface area contributed by atoms with Gasteiger partial charge in [-0.3, -0.25) is 4.79 Å². The first kappa shape index (κ1) is 15.7. The molecule has 20 heavy (non-hydrogen) atoms. The van der Waals surface area contributed by atoms with E-state index in [9.17, 15) is 4.79 Å². The second-order valence-electron chi connectivity index (χ2n) is 6.24. The maximum atomic E-state index is 12.1. The fourth-order valence-electron chi connectivity index (χ4n) is 3.22. The molecule has 1 aromatic carbocycles. The van der Waals surface area contributed by atoms with E-state index in [0.717, 1.165) is 34.8 Å². The molecule has 1 heterocycles. The molecule has 2 nitrogen and oxygen atoms in total. The van der Waals surface area contributed by atoms with Crippen LogP contribution in [0.1, 0.15) is 43.5 Å². The number of carbonyl (C=O) groups excluding carboxylic acids is 1. The van der Waals surface area contributed by atoms with Crippen molar-refractivity contribution in [2.24, 2.45) is 11.8 Å². The molecule has 1 fully saturated rings. The summed E-state index contributed by atoms with van der Waals surface area (Å²) in [4.78, 5) is 14.6. The lowest BCUT2D eigenvalue weighted by molar-refractivity contribution is 0.0962. The smallest absolute Gasteiger partial charge is 0.162 e. The van der Waals surface area contributed by atoms with Gasteiger partial charge in [-0.1, -0.05) is 41.9 Å². The van der Waals surface area contributed by atoms with Gasteiger partial charge in [0.05, 0.1) is 0 Å². The zero-order chi connectivity index (χ0) is 14.5. The summed E-state index contributed by atoms with van der Waals surface area (Å²) in [6, 6.07) is 7.66. The molecule has 2 rings (SSSR count). The van der Waals surface area contributed by atoms with Crippen molar-refractivity contribution in [1.82, 2.24) is 4.90 Å². The van der Waals surface area contributed by atoms with Gasteiger partial charge in [-0.15, -0.1) is 0 Å². The fraction of sp³-hybridized carbons (Fsp3) is 0.588. The van der Waals surface area contributed by atoms with Gasteiger partial charge in [-0.2, -0.15) is 0 Å². The average molecular weight is 338 g/mol. The summed E-state index contributed by atoms with van der Waals surface area (Å²) in [5.41, 5.74) is 0.827. The number of likely N-dealkylation sites (tertiary alicyclic amines) is 1. The Morgan fingerprint density at radius 1 is 1.20 bits per heavy atom. The molecule has 1 aromatic rings. The second-order valence-corrected chi connectivity index (χ2v) is 7.15. The van der Waals surface area contributed by atoms with Crippen LogP contribution in [0.5, 0.6) is 0 Å². The van der Waals surface area contributed by atoms with E-state index in [2.05, 4.69) is 34.7 Å². The van der Waals surface area contributed by atoms with Crippen molar-refractivity contribution in [1.29, 1.82) is 0 Å². The van der Waals surface area contributed by atoms with Crippen molar-refractivity contribution < 1.29 is 4.79 Å². The lowest BCUT2D eigenvalue weighted by atomic mass is 9.92. The SMILES string of the molecule is CC1CC(C)CN(CCCC(=O)c2ccc(Br)cc2)C1. The topological polar surface area (TPSA) is 20.3 Å². The van der Waals surface area contributed by atoms with Crippen molar-refractivity contribution in [2.75, 3.05) is 19.6 Å². The van der Waals surface area contributed by atoms with Crippen molar-refractivity contribution in [3.8, 4) is 0 Å². The van der Waals surface area contributed by atoms with Crippen molar-refractivity contribution in [3.05, 3.63) is 34.3 Å². The van der Waals surface area contributed by atoms with Gasteiger partial charge < -0.3 is 4.90 Å². The van der Waals surface area contributed by atoms with Gasteiger partial charge >= 0.3 is 0 Å². The van der Waals surface area contributed by atoms with E-state index in [1.54, 1.807) is 0 Å². The molecule has 0 aromatic heterocycles. The number of ketones is 1. The monoisotopic (exact) mass is 337 g/mol. The number of nitrogens with zero attached hydrogens (tertiary/aromatic N) is 1.